The van der Waals surface area contributed by atoms with E-state index in [-0.39, 0.29) is 11.5 Å². The summed E-state index contributed by atoms with van der Waals surface area (Å²) in [6.07, 6.45) is 4.75. The topological polar surface area (TPSA) is 76.0 Å². The zero-order chi connectivity index (χ0) is 13.0. The van der Waals surface area contributed by atoms with Crippen LogP contribution in [0.2, 0.25) is 0 Å². The molecule has 18 heavy (non-hydrogen) atoms. The minimum Gasteiger partial charge on any atom is -0.362 e. The Bertz CT molecular complexity index is 600. The number of nitro groups is 1. The molecular weight excluding hydrogens is 232 g/mol. The van der Waals surface area contributed by atoms with E-state index in [0.717, 1.165) is 5.69 Å². The van der Waals surface area contributed by atoms with E-state index < -0.39 is 4.92 Å². The Balaban J connectivity index is 2.19. The van der Waals surface area contributed by atoms with Crippen LogP contribution in [0.25, 0.3) is 6.08 Å². The van der Waals surface area contributed by atoms with Crippen LogP contribution in [0.5, 0.6) is 0 Å². The maximum absolute atomic E-state index is 11.8. The lowest BCUT2D eigenvalue weighted by Crippen LogP contribution is -1.96. The van der Waals surface area contributed by atoms with E-state index in [4.69, 9.17) is 0 Å². The fraction of sp³-hybridized carbons (Fsp3) is 0. The first-order chi connectivity index (χ1) is 8.66. The molecule has 1 aromatic carbocycles. The molecule has 0 aliphatic heterocycles. The Morgan fingerprint density at radius 2 is 2.11 bits per heavy atom. The van der Waals surface area contributed by atoms with E-state index in [9.17, 15) is 14.9 Å². The van der Waals surface area contributed by atoms with Gasteiger partial charge in [0.15, 0.2) is 5.78 Å². The molecule has 1 N–H and O–H groups in total. The van der Waals surface area contributed by atoms with Crippen molar-refractivity contribution in [3.8, 4) is 0 Å². The van der Waals surface area contributed by atoms with Gasteiger partial charge in [-0.05, 0) is 24.3 Å². The van der Waals surface area contributed by atoms with Crippen molar-refractivity contribution in [3.63, 3.8) is 0 Å². The summed E-state index contributed by atoms with van der Waals surface area (Å²) in [6, 6.07) is 9.30. The summed E-state index contributed by atoms with van der Waals surface area (Å²) in [4.78, 5) is 24.8. The van der Waals surface area contributed by atoms with Crippen LogP contribution in [0.15, 0.2) is 48.7 Å². The van der Waals surface area contributed by atoms with Crippen molar-refractivity contribution in [2.45, 2.75) is 0 Å². The summed E-state index contributed by atoms with van der Waals surface area (Å²) in [5, 5.41) is 10.6. The van der Waals surface area contributed by atoms with Crippen molar-refractivity contribution in [1.82, 2.24) is 4.98 Å². The van der Waals surface area contributed by atoms with Gasteiger partial charge in [-0.25, -0.2) is 0 Å². The van der Waals surface area contributed by atoms with E-state index in [1.807, 2.05) is 12.1 Å². The summed E-state index contributed by atoms with van der Waals surface area (Å²) >= 11 is 0. The molecule has 2 aromatic rings. The van der Waals surface area contributed by atoms with Crippen LogP contribution in [0.4, 0.5) is 5.69 Å². The Morgan fingerprint density at radius 1 is 1.28 bits per heavy atom. The molecule has 5 nitrogen and oxygen atoms in total. The molecule has 0 aliphatic carbocycles. The minimum atomic E-state index is -0.522. The van der Waals surface area contributed by atoms with E-state index in [2.05, 4.69) is 4.98 Å². The second-order valence-corrected chi connectivity index (χ2v) is 3.63. The van der Waals surface area contributed by atoms with E-state index >= 15 is 0 Å². The number of nitrogens with one attached hydrogen (secondary N) is 1. The molecule has 0 amide bonds. The molecule has 0 saturated heterocycles. The fourth-order valence-corrected chi connectivity index (χ4v) is 1.48. The standard InChI is InChI=1S/C13H10N2O3/c16-13(7-6-11-4-2-8-14-11)10-3-1-5-12(9-10)15(17)18/h1-9,14H. The number of hydrogen-bond acceptors (Lipinski definition) is 3. The number of hydrogen-bond donors (Lipinski definition) is 1. The highest BCUT2D eigenvalue weighted by Crippen LogP contribution is 2.14. The number of carbonyl (C=O) groups is 1. The lowest BCUT2D eigenvalue weighted by atomic mass is 10.1. The molecule has 0 aliphatic rings. The number of nitro benzene ring substituents is 1. The van der Waals surface area contributed by atoms with Crippen molar-refractivity contribution in [2.75, 3.05) is 0 Å². The van der Waals surface area contributed by atoms with Crippen LogP contribution in [-0.4, -0.2) is 15.7 Å². The number of aromatic nitrogens is 1. The van der Waals surface area contributed by atoms with Crippen molar-refractivity contribution in [2.24, 2.45) is 0 Å². The smallest absolute Gasteiger partial charge is 0.270 e. The first kappa shape index (κ1) is 11.8. The Kier molecular flexibility index (Phi) is 3.33. The van der Waals surface area contributed by atoms with E-state index in [0.29, 0.717) is 5.56 Å². The highest BCUT2D eigenvalue weighted by atomic mass is 16.6. The molecule has 1 aromatic heterocycles. The van der Waals surface area contributed by atoms with Crippen molar-refractivity contribution < 1.29 is 9.72 Å². The normalized spacial score (nSPS) is 10.7. The molecule has 5 heteroatoms. The van der Waals surface area contributed by atoms with Crippen LogP contribution in [0.1, 0.15) is 16.1 Å². The average molecular weight is 242 g/mol. The number of allylic oxidation sites excluding steroid dienone is 1. The second-order valence-electron chi connectivity index (χ2n) is 3.63. The van der Waals surface area contributed by atoms with E-state index in [1.54, 1.807) is 18.3 Å². The Labute approximate surface area is 103 Å². The third kappa shape index (κ3) is 2.70. The molecule has 0 saturated carbocycles. The van der Waals surface area contributed by atoms with Gasteiger partial charge in [-0.1, -0.05) is 12.1 Å². The summed E-state index contributed by atoms with van der Waals surface area (Å²) in [6.45, 7) is 0. The number of nitrogens with zero attached hydrogens (tertiary/aromatic N) is 1. The fourth-order valence-electron chi connectivity index (χ4n) is 1.48. The maximum atomic E-state index is 11.8. The molecule has 1 heterocycles. The molecule has 2 rings (SSSR count). The lowest BCUT2D eigenvalue weighted by molar-refractivity contribution is -0.384. The number of ketones is 1. The monoisotopic (exact) mass is 242 g/mol. The summed E-state index contributed by atoms with van der Waals surface area (Å²) in [7, 11) is 0. The molecule has 0 fully saturated rings. The third-order valence-electron chi connectivity index (χ3n) is 2.38. The van der Waals surface area contributed by atoms with Gasteiger partial charge in [-0.2, -0.15) is 0 Å². The predicted octanol–water partition coefficient (Wildman–Crippen LogP) is 2.82. The highest BCUT2D eigenvalue weighted by molar-refractivity contribution is 6.07. The Hall–Kier alpha value is -2.69. The quantitative estimate of drug-likeness (QED) is 0.387. The van der Waals surface area contributed by atoms with Gasteiger partial charge >= 0.3 is 0 Å². The zero-order valence-corrected chi connectivity index (χ0v) is 9.37. The number of rotatable bonds is 4. The van der Waals surface area contributed by atoms with E-state index in [1.165, 1.54) is 24.3 Å². The largest absolute Gasteiger partial charge is 0.362 e. The molecular formula is C13H10N2O3. The molecule has 0 radical (unpaired) electrons. The van der Waals surface area contributed by atoms with Crippen molar-refractivity contribution in [3.05, 3.63) is 70.0 Å². The summed E-state index contributed by atoms with van der Waals surface area (Å²) in [5.41, 5.74) is 1.01. The van der Waals surface area contributed by atoms with Crippen molar-refractivity contribution >= 4 is 17.5 Å². The van der Waals surface area contributed by atoms with Gasteiger partial charge < -0.3 is 4.98 Å². The van der Waals surface area contributed by atoms with Crippen LogP contribution >= 0.6 is 0 Å². The van der Waals surface area contributed by atoms with Gasteiger partial charge in [0, 0.05) is 29.6 Å². The highest BCUT2D eigenvalue weighted by Gasteiger charge is 2.09. The molecule has 90 valence electrons. The molecule has 0 bridgehead atoms. The number of H-pyrrole nitrogens is 1. The number of aromatic amines is 1. The second kappa shape index (κ2) is 5.09. The van der Waals surface area contributed by atoms with Crippen LogP contribution < -0.4 is 0 Å². The zero-order valence-electron chi connectivity index (χ0n) is 9.37. The van der Waals surface area contributed by atoms with Gasteiger partial charge in [0.1, 0.15) is 0 Å². The number of benzene rings is 1. The van der Waals surface area contributed by atoms with Crippen molar-refractivity contribution in [1.29, 1.82) is 0 Å². The minimum absolute atomic E-state index is 0.0888. The van der Waals surface area contributed by atoms with Gasteiger partial charge in [0.05, 0.1) is 4.92 Å². The maximum Gasteiger partial charge on any atom is 0.270 e. The first-order valence-corrected chi connectivity index (χ1v) is 5.27. The van der Waals surface area contributed by atoms with Crippen LogP contribution in [-0.2, 0) is 0 Å². The van der Waals surface area contributed by atoms with Crippen LogP contribution in [0.3, 0.4) is 0 Å². The predicted molar refractivity (Wildman–Crippen MR) is 67.3 cm³/mol. The number of carbonyl (C=O) groups excluding carboxylic acids is 1. The lowest BCUT2D eigenvalue weighted by Gasteiger charge is -1.95. The van der Waals surface area contributed by atoms with Gasteiger partial charge in [0.2, 0.25) is 0 Å². The molecule has 0 unspecified atom stereocenters. The molecule has 0 spiro atoms. The van der Waals surface area contributed by atoms with Gasteiger partial charge in [-0.15, -0.1) is 0 Å². The molecule has 0 atom stereocenters. The first-order valence-electron chi connectivity index (χ1n) is 5.27. The van der Waals surface area contributed by atoms with Gasteiger partial charge in [-0.3, -0.25) is 14.9 Å². The average Bonchev–Trinajstić information content (AvgIpc) is 2.89. The van der Waals surface area contributed by atoms with Crippen LogP contribution in [0, 0.1) is 10.1 Å². The van der Waals surface area contributed by atoms with Gasteiger partial charge in [0.25, 0.3) is 5.69 Å². The number of non-ortho nitro benzene ring substituents is 1. The Morgan fingerprint density at radius 3 is 2.78 bits per heavy atom. The SMILES string of the molecule is O=C(C=Cc1ccc[nH]1)c1cccc([N+](=O)[O-])c1. The summed E-state index contributed by atoms with van der Waals surface area (Å²) in [5.74, 6) is -0.270. The third-order valence-corrected chi connectivity index (χ3v) is 2.38. The summed E-state index contributed by atoms with van der Waals surface area (Å²) < 4.78 is 0.